The van der Waals surface area contributed by atoms with Gasteiger partial charge in [-0.05, 0) is 6.08 Å². The van der Waals surface area contributed by atoms with Crippen molar-refractivity contribution in [1.29, 1.82) is 0 Å². The number of thiocarbonyl (C=S) groups is 1. The highest BCUT2D eigenvalue weighted by molar-refractivity contribution is 8.25. The molecule has 0 aromatic rings. The summed E-state index contributed by atoms with van der Waals surface area (Å²) in [6.07, 6.45) is 3.74. The minimum Gasteiger partial charge on any atom is -0.106 e. The van der Waals surface area contributed by atoms with Crippen LogP contribution in [0.4, 0.5) is 0 Å². The van der Waals surface area contributed by atoms with Gasteiger partial charge >= 0.3 is 0 Å². The molecule has 1 rings (SSSR count). The molecular formula is C4H3ClS2. The monoisotopic (exact) mass is 150 g/mol. The molecule has 0 saturated carbocycles. The molecule has 0 aliphatic carbocycles. The summed E-state index contributed by atoms with van der Waals surface area (Å²) in [7, 11) is 0. The van der Waals surface area contributed by atoms with E-state index < -0.39 is 0 Å². The Labute approximate surface area is 56.9 Å². The van der Waals surface area contributed by atoms with Crippen molar-refractivity contribution >= 4 is 39.8 Å². The smallest absolute Gasteiger partial charge is 0.103 e. The van der Waals surface area contributed by atoms with Crippen molar-refractivity contribution in [2.24, 2.45) is 0 Å². The normalized spacial score (nSPS) is 29.3. The van der Waals surface area contributed by atoms with E-state index in [1.165, 1.54) is 11.8 Å². The lowest BCUT2D eigenvalue weighted by atomic mass is 10.6. The topological polar surface area (TPSA) is 0 Å². The van der Waals surface area contributed by atoms with E-state index in [2.05, 4.69) is 0 Å². The molecule has 0 spiro atoms. The van der Waals surface area contributed by atoms with Crippen molar-refractivity contribution < 1.29 is 0 Å². The van der Waals surface area contributed by atoms with Gasteiger partial charge in [0.2, 0.25) is 0 Å². The van der Waals surface area contributed by atoms with Gasteiger partial charge in [0.05, 0.1) is 4.20 Å². The van der Waals surface area contributed by atoms with E-state index in [0.29, 0.717) is 0 Å². The molecule has 1 atom stereocenters. The van der Waals surface area contributed by atoms with Crippen LogP contribution in [0.15, 0.2) is 12.2 Å². The molecule has 1 aliphatic heterocycles. The first-order chi connectivity index (χ1) is 3.29. The van der Waals surface area contributed by atoms with Crippen LogP contribution in [0.5, 0.6) is 0 Å². The third-order valence-electron chi connectivity index (χ3n) is 0.612. The Balaban J connectivity index is 2.58. The first-order valence-electron chi connectivity index (χ1n) is 1.82. The van der Waals surface area contributed by atoms with Crippen LogP contribution < -0.4 is 0 Å². The molecule has 0 radical (unpaired) electrons. The number of rotatable bonds is 0. The number of halogens is 1. The van der Waals surface area contributed by atoms with E-state index in [9.17, 15) is 0 Å². The maximum atomic E-state index is 5.60. The molecule has 0 aromatic heterocycles. The van der Waals surface area contributed by atoms with Crippen LogP contribution in [-0.2, 0) is 0 Å². The SMILES string of the molecule is S=C1C=CC(Cl)S1. The summed E-state index contributed by atoms with van der Waals surface area (Å²) in [5, 5.41) is 0. The second-order valence-corrected chi connectivity index (χ2v) is 3.76. The van der Waals surface area contributed by atoms with Gasteiger partial charge in [0.15, 0.2) is 0 Å². The molecule has 0 aromatic carbocycles. The summed E-state index contributed by atoms with van der Waals surface area (Å²) in [6, 6.07) is 0. The van der Waals surface area contributed by atoms with E-state index >= 15 is 0 Å². The van der Waals surface area contributed by atoms with Crippen molar-refractivity contribution in [2.75, 3.05) is 0 Å². The van der Waals surface area contributed by atoms with Gasteiger partial charge in [0, 0.05) is 0 Å². The maximum absolute atomic E-state index is 5.60. The molecule has 0 N–H and O–H groups in total. The summed E-state index contributed by atoms with van der Waals surface area (Å²) in [4.78, 5) is 0. The standard InChI is InChI=1S/C4H3ClS2/c5-3-1-2-4(6)7-3/h1-3H. The minimum atomic E-state index is 0.0903. The fraction of sp³-hybridized carbons (Fsp3) is 0.250. The summed E-state index contributed by atoms with van der Waals surface area (Å²) in [6.45, 7) is 0. The largest absolute Gasteiger partial charge is 0.106 e. The van der Waals surface area contributed by atoms with Gasteiger partial charge in [-0.1, -0.05) is 30.1 Å². The van der Waals surface area contributed by atoms with Crippen LogP contribution in [0.1, 0.15) is 0 Å². The third kappa shape index (κ3) is 1.44. The number of hydrogen-bond donors (Lipinski definition) is 0. The highest BCUT2D eigenvalue weighted by atomic mass is 35.5. The van der Waals surface area contributed by atoms with Crippen LogP contribution in [-0.4, -0.2) is 8.91 Å². The minimum absolute atomic E-state index is 0.0903. The van der Waals surface area contributed by atoms with Crippen LogP contribution in [0.25, 0.3) is 0 Å². The van der Waals surface area contributed by atoms with Crippen LogP contribution in [0.2, 0.25) is 0 Å². The van der Waals surface area contributed by atoms with Crippen LogP contribution in [0, 0.1) is 0 Å². The molecule has 0 saturated heterocycles. The molecule has 1 heterocycles. The summed E-state index contributed by atoms with van der Waals surface area (Å²) < 4.78 is 0.979. The van der Waals surface area contributed by atoms with Gasteiger partial charge in [-0.25, -0.2) is 0 Å². The second-order valence-electron chi connectivity index (χ2n) is 1.15. The Hall–Kier alpha value is 0.470. The predicted octanol–water partition coefficient (Wildman–Crippen LogP) is 2.18. The highest BCUT2D eigenvalue weighted by Crippen LogP contribution is 2.25. The first-order valence-corrected chi connectivity index (χ1v) is 3.54. The number of thioether (sulfide) groups is 1. The van der Waals surface area contributed by atoms with Crippen LogP contribution in [0.3, 0.4) is 0 Å². The zero-order valence-electron chi connectivity index (χ0n) is 3.43. The zero-order chi connectivity index (χ0) is 5.28. The Morgan fingerprint density at radius 2 is 2.57 bits per heavy atom. The molecule has 0 amide bonds. The van der Waals surface area contributed by atoms with Crippen molar-refractivity contribution in [2.45, 2.75) is 4.71 Å². The Morgan fingerprint density at radius 3 is 2.71 bits per heavy atom. The van der Waals surface area contributed by atoms with Crippen molar-refractivity contribution in [3.05, 3.63) is 12.2 Å². The summed E-state index contributed by atoms with van der Waals surface area (Å²) in [5.74, 6) is 0. The van der Waals surface area contributed by atoms with E-state index in [-0.39, 0.29) is 4.71 Å². The van der Waals surface area contributed by atoms with E-state index in [0.717, 1.165) is 4.20 Å². The molecule has 1 unspecified atom stereocenters. The maximum Gasteiger partial charge on any atom is 0.103 e. The highest BCUT2D eigenvalue weighted by Gasteiger charge is 2.08. The number of alkyl halides is 1. The van der Waals surface area contributed by atoms with Crippen molar-refractivity contribution in [1.82, 2.24) is 0 Å². The van der Waals surface area contributed by atoms with Gasteiger partial charge in [0.1, 0.15) is 4.71 Å². The first kappa shape index (κ1) is 5.60. The Morgan fingerprint density at radius 1 is 1.86 bits per heavy atom. The number of hydrogen-bond acceptors (Lipinski definition) is 2. The average molecular weight is 151 g/mol. The zero-order valence-corrected chi connectivity index (χ0v) is 5.82. The lowest BCUT2D eigenvalue weighted by Crippen LogP contribution is -1.77. The molecule has 0 nitrogen and oxygen atoms in total. The molecule has 1 aliphatic rings. The summed E-state index contributed by atoms with van der Waals surface area (Å²) >= 11 is 11.9. The Kier molecular flexibility index (Phi) is 1.73. The summed E-state index contributed by atoms with van der Waals surface area (Å²) in [5.41, 5.74) is 0. The van der Waals surface area contributed by atoms with E-state index in [1.54, 1.807) is 0 Å². The lowest BCUT2D eigenvalue weighted by Gasteiger charge is -1.87. The van der Waals surface area contributed by atoms with Gasteiger partial charge in [-0.3, -0.25) is 0 Å². The van der Waals surface area contributed by atoms with Gasteiger partial charge in [0.25, 0.3) is 0 Å². The van der Waals surface area contributed by atoms with Gasteiger partial charge in [-0.2, -0.15) is 0 Å². The van der Waals surface area contributed by atoms with E-state index in [4.69, 9.17) is 23.8 Å². The molecule has 3 heteroatoms. The lowest BCUT2D eigenvalue weighted by molar-refractivity contribution is 1.68. The van der Waals surface area contributed by atoms with Crippen molar-refractivity contribution in [3.63, 3.8) is 0 Å². The average Bonchev–Trinajstić information content (AvgIpc) is 1.87. The molecular weight excluding hydrogens is 148 g/mol. The van der Waals surface area contributed by atoms with Gasteiger partial charge in [-0.15, -0.1) is 11.6 Å². The predicted molar refractivity (Wildman–Crippen MR) is 39.0 cm³/mol. The van der Waals surface area contributed by atoms with Crippen molar-refractivity contribution in [3.8, 4) is 0 Å². The molecule has 0 bridgehead atoms. The quantitative estimate of drug-likeness (QED) is 0.384. The molecule has 38 valence electrons. The second kappa shape index (κ2) is 2.16. The fourth-order valence-corrected chi connectivity index (χ4v) is 1.79. The Bertz CT molecular complexity index is 119. The fourth-order valence-electron chi connectivity index (χ4n) is 0.344. The third-order valence-corrected chi connectivity index (χ3v) is 2.20. The van der Waals surface area contributed by atoms with E-state index in [1.807, 2.05) is 12.2 Å². The van der Waals surface area contributed by atoms with Crippen LogP contribution >= 0.6 is 35.6 Å². The van der Waals surface area contributed by atoms with Gasteiger partial charge < -0.3 is 0 Å². The molecule has 0 fully saturated rings. The molecule has 7 heavy (non-hydrogen) atoms.